The number of hydrogen-bond donors (Lipinski definition) is 2. The molecule has 0 atom stereocenters. The Hall–Kier alpha value is -3.46. The van der Waals surface area contributed by atoms with Gasteiger partial charge in [-0.1, -0.05) is 6.42 Å². The molecule has 0 radical (unpaired) electrons. The van der Waals surface area contributed by atoms with Crippen molar-refractivity contribution in [1.82, 2.24) is 4.98 Å². The van der Waals surface area contributed by atoms with Gasteiger partial charge in [-0.25, -0.2) is 9.37 Å². The molecule has 0 unspecified atom stereocenters. The third-order valence-electron chi connectivity index (χ3n) is 4.87. The Morgan fingerprint density at radius 2 is 1.81 bits per heavy atom. The van der Waals surface area contributed by atoms with Crippen LogP contribution in [0, 0.1) is 5.82 Å². The van der Waals surface area contributed by atoms with E-state index in [0.29, 0.717) is 30.1 Å². The van der Waals surface area contributed by atoms with E-state index in [9.17, 15) is 14.0 Å². The number of carbonyl (C=O) groups is 2. The molecule has 0 aliphatic rings. The number of carbonyl (C=O) groups excluding carboxylic acids is 2. The lowest BCUT2D eigenvalue weighted by molar-refractivity contribution is -0.118. The summed E-state index contributed by atoms with van der Waals surface area (Å²) in [5.41, 5.74) is 13.3. The number of benzene rings is 2. The van der Waals surface area contributed by atoms with Crippen molar-refractivity contribution in [3.8, 4) is 17.0 Å². The first-order chi connectivity index (χ1) is 15.4. The number of aromatic nitrogens is 1. The SMILES string of the molecule is COc1ccc(-c2csc(N(C(=O)CCCCCC(N)=O)c3cc(F)ccc3N)n2)cc1. The van der Waals surface area contributed by atoms with Crippen LogP contribution in [0.15, 0.2) is 47.8 Å². The van der Waals surface area contributed by atoms with Gasteiger partial charge >= 0.3 is 0 Å². The number of amides is 2. The van der Waals surface area contributed by atoms with Crippen LogP contribution < -0.4 is 21.1 Å². The molecule has 0 fully saturated rings. The minimum atomic E-state index is -0.500. The van der Waals surface area contributed by atoms with Crippen molar-refractivity contribution in [1.29, 1.82) is 0 Å². The standard InChI is InChI=1S/C23H25FN4O3S/c1-31-17-10-7-15(8-11-17)19-14-32-23(27-19)28(20-13-16(24)9-12-18(20)25)22(30)6-4-2-3-5-21(26)29/h7-14H,2-6,25H2,1H3,(H2,26,29). The number of hydrogen-bond acceptors (Lipinski definition) is 6. The molecule has 0 spiro atoms. The van der Waals surface area contributed by atoms with Gasteiger partial charge in [0.15, 0.2) is 5.13 Å². The van der Waals surface area contributed by atoms with Crippen molar-refractivity contribution in [2.24, 2.45) is 5.73 Å². The Kier molecular flexibility index (Phi) is 7.77. The maximum absolute atomic E-state index is 14.0. The van der Waals surface area contributed by atoms with Crippen molar-refractivity contribution in [3.63, 3.8) is 0 Å². The number of nitrogens with two attached hydrogens (primary N) is 2. The van der Waals surface area contributed by atoms with Gasteiger partial charge in [-0.15, -0.1) is 11.3 Å². The Balaban J connectivity index is 1.85. The molecule has 0 bridgehead atoms. The summed E-state index contributed by atoms with van der Waals surface area (Å²) in [6.07, 6.45) is 2.34. The number of unbranched alkanes of at least 4 members (excludes halogenated alkanes) is 2. The fraction of sp³-hybridized carbons (Fsp3) is 0.261. The Morgan fingerprint density at radius 1 is 1.09 bits per heavy atom. The molecule has 3 aromatic rings. The third kappa shape index (κ3) is 5.82. The van der Waals surface area contributed by atoms with Crippen molar-refractivity contribution in [3.05, 3.63) is 53.7 Å². The van der Waals surface area contributed by atoms with Gasteiger partial charge < -0.3 is 16.2 Å². The zero-order valence-corrected chi connectivity index (χ0v) is 18.5. The quantitative estimate of drug-likeness (QED) is 0.341. The van der Waals surface area contributed by atoms with E-state index in [1.165, 1.54) is 34.4 Å². The van der Waals surface area contributed by atoms with Crippen LogP contribution in [0.5, 0.6) is 5.75 Å². The summed E-state index contributed by atoms with van der Waals surface area (Å²) in [6, 6.07) is 11.3. The highest BCUT2D eigenvalue weighted by Gasteiger charge is 2.24. The smallest absolute Gasteiger partial charge is 0.233 e. The number of primary amides is 1. The number of nitrogens with zero attached hydrogens (tertiary/aromatic N) is 2. The first kappa shape index (κ1) is 23.2. The van der Waals surface area contributed by atoms with Crippen LogP contribution in [-0.2, 0) is 9.59 Å². The van der Waals surface area contributed by atoms with Gasteiger partial charge in [-0.3, -0.25) is 14.5 Å². The topological polar surface area (TPSA) is 112 Å². The predicted molar refractivity (Wildman–Crippen MR) is 124 cm³/mol. The largest absolute Gasteiger partial charge is 0.497 e. The molecule has 32 heavy (non-hydrogen) atoms. The number of nitrogen functional groups attached to an aromatic ring is 1. The molecular weight excluding hydrogens is 431 g/mol. The lowest BCUT2D eigenvalue weighted by Gasteiger charge is -2.22. The minimum absolute atomic E-state index is 0.201. The van der Waals surface area contributed by atoms with Crippen molar-refractivity contribution >= 4 is 39.7 Å². The molecule has 0 aliphatic heterocycles. The second-order valence-electron chi connectivity index (χ2n) is 7.20. The molecule has 4 N–H and O–H groups in total. The number of halogens is 1. The molecule has 0 saturated heterocycles. The second-order valence-corrected chi connectivity index (χ2v) is 8.04. The highest BCUT2D eigenvalue weighted by Crippen LogP contribution is 2.36. The van der Waals surface area contributed by atoms with Gasteiger partial charge in [0.25, 0.3) is 0 Å². The molecular formula is C23H25FN4O3S. The van der Waals surface area contributed by atoms with Crippen LogP contribution in [0.1, 0.15) is 32.1 Å². The van der Waals surface area contributed by atoms with E-state index in [4.69, 9.17) is 16.2 Å². The first-order valence-corrected chi connectivity index (χ1v) is 11.0. The molecule has 1 heterocycles. The summed E-state index contributed by atoms with van der Waals surface area (Å²) >= 11 is 1.27. The van der Waals surface area contributed by atoms with E-state index in [2.05, 4.69) is 4.98 Å². The number of thiazole rings is 1. The van der Waals surface area contributed by atoms with Gasteiger partial charge in [0, 0.05) is 29.9 Å². The fourth-order valence-corrected chi connectivity index (χ4v) is 4.04. The maximum atomic E-state index is 14.0. The van der Waals surface area contributed by atoms with Gasteiger partial charge in [-0.2, -0.15) is 0 Å². The zero-order valence-electron chi connectivity index (χ0n) is 17.7. The summed E-state index contributed by atoms with van der Waals surface area (Å²) in [4.78, 5) is 30.0. The van der Waals surface area contributed by atoms with Gasteiger partial charge in [-0.05, 0) is 49.2 Å². The molecule has 1 aromatic heterocycles. The summed E-state index contributed by atoms with van der Waals surface area (Å²) in [5, 5.41) is 2.23. The monoisotopic (exact) mass is 456 g/mol. The van der Waals surface area contributed by atoms with Gasteiger partial charge in [0.05, 0.1) is 24.2 Å². The van der Waals surface area contributed by atoms with E-state index < -0.39 is 5.82 Å². The van der Waals surface area contributed by atoms with Crippen LogP contribution in [0.4, 0.5) is 20.9 Å². The molecule has 7 nitrogen and oxygen atoms in total. The molecule has 2 amide bonds. The third-order valence-corrected chi connectivity index (χ3v) is 5.69. The summed E-state index contributed by atoms with van der Waals surface area (Å²) in [7, 11) is 1.59. The normalized spacial score (nSPS) is 10.7. The average Bonchev–Trinajstić information content (AvgIpc) is 3.25. The predicted octanol–water partition coefficient (Wildman–Crippen LogP) is 4.64. The van der Waals surface area contributed by atoms with Crippen molar-refractivity contribution in [2.75, 3.05) is 17.7 Å². The molecule has 0 saturated carbocycles. The fourth-order valence-electron chi connectivity index (χ4n) is 3.18. The number of anilines is 3. The zero-order chi connectivity index (χ0) is 23.1. The molecule has 9 heteroatoms. The van der Waals surface area contributed by atoms with Crippen LogP contribution >= 0.6 is 11.3 Å². The first-order valence-electron chi connectivity index (χ1n) is 10.1. The van der Waals surface area contributed by atoms with Crippen LogP contribution in [0.3, 0.4) is 0 Å². The summed E-state index contributed by atoms with van der Waals surface area (Å²) in [6.45, 7) is 0. The van der Waals surface area contributed by atoms with Crippen molar-refractivity contribution in [2.45, 2.75) is 32.1 Å². The van der Waals surface area contributed by atoms with E-state index in [-0.39, 0.29) is 36.0 Å². The molecule has 2 aromatic carbocycles. The lowest BCUT2D eigenvalue weighted by atomic mass is 10.1. The lowest BCUT2D eigenvalue weighted by Crippen LogP contribution is -2.26. The molecule has 168 valence electrons. The van der Waals surface area contributed by atoms with Gasteiger partial charge in [0.2, 0.25) is 11.8 Å². The summed E-state index contributed by atoms with van der Waals surface area (Å²) < 4.78 is 19.2. The second kappa shape index (κ2) is 10.7. The Morgan fingerprint density at radius 3 is 2.50 bits per heavy atom. The van der Waals surface area contributed by atoms with Gasteiger partial charge in [0.1, 0.15) is 11.6 Å². The van der Waals surface area contributed by atoms with E-state index in [1.54, 1.807) is 7.11 Å². The number of methoxy groups -OCH3 is 1. The maximum Gasteiger partial charge on any atom is 0.233 e. The highest BCUT2D eigenvalue weighted by molar-refractivity contribution is 7.14. The van der Waals surface area contributed by atoms with Crippen LogP contribution in [0.2, 0.25) is 0 Å². The van der Waals surface area contributed by atoms with E-state index in [0.717, 1.165) is 11.3 Å². The molecule has 3 rings (SSSR count). The van der Waals surface area contributed by atoms with Crippen LogP contribution in [-0.4, -0.2) is 23.9 Å². The average molecular weight is 457 g/mol. The Labute approximate surface area is 189 Å². The number of rotatable bonds is 10. The minimum Gasteiger partial charge on any atom is -0.497 e. The molecule has 0 aliphatic carbocycles. The Bertz CT molecular complexity index is 1090. The van der Waals surface area contributed by atoms with Crippen LogP contribution in [0.25, 0.3) is 11.3 Å². The van der Waals surface area contributed by atoms with E-state index >= 15 is 0 Å². The number of ether oxygens (including phenoxy) is 1. The summed E-state index contributed by atoms with van der Waals surface area (Å²) in [5.74, 6) is -0.387. The highest BCUT2D eigenvalue weighted by atomic mass is 32.1. The van der Waals surface area contributed by atoms with E-state index in [1.807, 2.05) is 29.6 Å². The van der Waals surface area contributed by atoms with Crippen molar-refractivity contribution < 1.29 is 18.7 Å².